The Morgan fingerprint density at radius 3 is 3.12 bits per heavy atom. The van der Waals surface area contributed by atoms with Crippen molar-refractivity contribution in [3.63, 3.8) is 0 Å². The number of pyridine rings is 1. The van der Waals surface area contributed by atoms with Crippen LogP contribution < -0.4 is 10.5 Å². The molecule has 0 spiro atoms. The van der Waals surface area contributed by atoms with Crippen LogP contribution in [0.25, 0.3) is 0 Å². The van der Waals surface area contributed by atoms with Gasteiger partial charge >= 0.3 is 6.09 Å². The van der Waals surface area contributed by atoms with E-state index in [-0.39, 0.29) is 6.10 Å². The predicted octanol–water partition coefficient (Wildman–Crippen LogP) is 0.795. The summed E-state index contributed by atoms with van der Waals surface area (Å²) < 4.78 is 5.62. The molecule has 1 atom stereocenters. The molecule has 1 aromatic rings. The molecular weight excluding hydrogens is 210 g/mol. The zero-order valence-electron chi connectivity index (χ0n) is 8.67. The number of hydrogen-bond acceptors (Lipinski definition) is 4. The first-order valence-electron chi connectivity index (χ1n) is 5.01. The fourth-order valence-electron chi connectivity index (χ4n) is 1.68. The fourth-order valence-corrected chi connectivity index (χ4v) is 1.68. The monoisotopic (exact) mass is 223 g/mol. The molecule has 0 radical (unpaired) electrons. The number of nitrogen functional groups attached to an aromatic ring is 1. The lowest BCUT2D eigenvalue weighted by Gasteiger charge is -2.15. The van der Waals surface area contributed by atoms with E-state index < -0.39 is 6.09 Å². The van der Waals surface area contributed by atoms with Gasteiger partial charge in [0.25, 0.3) is 0 Å². The van der Waals surface area contributed by atoms with E-state index in [1.807, 2.05) is 0 Å². The van der Waals surface area contributed by atoms with Crippen molar-refractivity contribution in [2.24, 2.45) is 0 Å². The summed E-state index contributed by atoms with van der Waals surface area (Å²) in [5.74, 6) is 0.562. The van der Waals surface area contributed by atoms with Gasteiger partial charge in [-0.1, -0.05) is 0 Å². The van der Waals surface area contributed by atoms with Gasteiger partial charge in [-0.2, -0.15) is 0 Å². The van der Waals surface area contributed by atoms with Crippen molar-refractivity contribution in [1.29, 1.82) is 0 Å². The molecule has 2 heterocycles. The van der Waals surface area contributed by atoms with Crippen LogP contribution in [0.2, 0.25) is 0 Å². The van der Waals surface area contributed by atoms with Crippen LogP contribution in [0.15, 0.2) is 18.5 Å². The zero-order valence-corrected chi connectivity index (χ0v) is 8.67. The summed E-state index contributed by atoms with van der Waals surface area (Å²) in [7, 11) is 0. The van der Waals surface area contributed by atoms with Crippen molar-refractivity contribution in [3.05, 3.63) is 18.5 Å². The normalized spacial score (nSPS) is 19.8. The predicted molar refractivity (Wildman–Crippen MR) is 57.3 cm³/mol. The number of ether oxygens (including phenoxy) is 1. The maximum absolute atomic E-state index is 10.7. The van der Waals surface area contributed by atoms with Gasteiger partial charge in [0, 0.05) is 25.2 Å². The van der Waals surface area contributed by atoms with Gasteiger partial charge < -0.3 is 20.5 Å². The van der Waals surface area contributed by atoms with Crippen LogP contribution in [0, 0.1) is 0 Å². The minimum Gasteiger partial charge on any atom is -0.486 e. The summed E-state index contributed by atoms with van der Waals surface area (Å²) in [4.78, 5) is 15.9. The number of anilines is 1. The van der Waals surface area contributed by atoms with Crippen LogP contribution in [0.5, 0.6) is 5.75 Å². The molecule has 1 amide bonds. The smallest absolute Gasteiger partial charge is 0.407 e. The SMILES string of the molecule is Nc1cnccc1OC1CCN(C(=O)O)C1. The van der Waals surface area contributed by atoms with E-state index in [0.717, 1.165) is 0 Å². The molecule has 86 valence electrons. The van der Waals surface area contributed by atoms with E-state index in [0.29, 0.717) is 30.9 Å². The first kappa shape index (κ1) is 10.5. The highest BCUT2D eigenvalue weighted by Gasteiger charge is 2.27. The first-order chi connectivity index (χ1) is 7.66. The van der Waals surface area contributed by atoms with Crippen molar-refractivity contribution >= 4 is 11.8 Å². The van der Waals surface area contributed by atoms with Gasteiger partial charge in [0.15, 0.2) is 0 Å². The molecule has 0 bridgehead atoms. The number of rotatable bonds is 2. The first-order valence-corrected chi connectivity index (χ1v) is 5.01. The van der Waals surface area contributed by atoms with Gasteiger partial charge in [-0.25, -0.2) is 4.79 Å². The Balaban J connectivity index is 1.97. The molecule has 0 aliphatic carbocycles. The summed E-state index contributed by atoms with van der Waals surface area (Å²) in [6.45, 7) is 0.891. The van der Waals surface area contributed by atoms with Gasteiger partial charge in [-0.05, 0) is 0 Å². The Labute approximate surface area is 92.6 Å². The van der Waals surface area contributed by atoms with Crippen molar-refractivity contribution in [2.45, 2.75) is 12.5 Å². The average Bonchev–Trinajstić information content (AvgIpc) is 2.70. The third-order valence-electron chi connectivity index (χ3n) is 2.52. The Hall–Kier alpha value is -1.98. The molecule has 0 aromatic carbocycles. The van der Waals surface area contributed by atoms with Crippen molar-refractivity contribution < 1.29 is 14.6 Å². The Morgan fingerprint density at radius 1 is 1.69 bits per heavy atom. The van der Waals surface area contributed by atoms with Gasteiger partial charge in [0.05, 0.1) is 18.4 Å². The van der Waals surface area contributed by atoms with Crippen LogP contribution in [0.1, 0.15) is 6.42 Å². The molecular formula is C10H13N3O3. The highest BCUT2D eigenvalue weighted by atomic mass is 16.5. The number of amides is 1. The van der Waals surface area contributed by atoms with Gasteiger partial charge in [-0.3, -0.25) is 4.98 Å². The second kappa shape index (κ2) is 4.26. The molecule has 1 saturated heterocycles. The maximum Gasteiger partial charge on any atom is 0.407 e. The molecule has 2 rings (SSSR count). The van der Waals surface area contributed by atoms with E-state index in [4.69, 9.17) is 15.6 Å². The van der Waals surface area contributed by atoms with E-state index in [9.17, 15) is 4.79 Å². The summed E-state index contributed by atoms with van der Waals surface area (Å²) in [6.07, 6.45) is 2.76. The fraction of sp³-hybridized carbons (Fsp3) is 0.400. The summed E-state index contributed by atoms with van der Waals surface area (Å²) in [5.41, 5.74) is 6.14. The van der Waals surface area contributed by atoms with Crippen LogP contribution in [0.3, 0.4) is 0 Å². The minimum absolute atomic E-state index is 0.124. The van der Waals surface area contributed by atoms with Crippen LogP contribution in [-0.4, -0.2) is 40.3 Å². The van der Waals surface area contributed by atoms with Crippen molar-refractivity contribution in [2.75, 3.05) is 18.8 Å². The van der Waals surface area contributed by atoms with Gasteiger partial charge in [0.2, 0.25) is 0 Å². The Kier molecular flexibility index (Phi) is 2.80. The largest absolute Gasteiger partial charge is 0.486 e. The number of nitrogens with two attached hydrogens (primary N) is 1. The summed E-state index contributed by atoms with van der Waals surface area (Å²) >= 11 is 0. The zero-order chi connectivity index (χ0) is 11.5. The van der Waals surface area contributed by atoms with Crippen LogP contribution in [0.4, 0.5) is 10.5 Å². The standard InChI is InChI=1S/C10H13N3O3/c11-8-5-12-3-1-9(8)16-7-2-4-13(6-7)10(14)15/h1,3,5,7H,2,4,6,11H2,(H,14,15). The van der Waals surface area contributed by atoms with E-state index in [1.54, 1.807) is 12.3 Å². The highest BCUT2D eigenvalue weighted by molar-refractivity contribution is 5.65. The van der Waals surface area contributed by atoms with Crippen molar-refractivity contribution in [1.82, 2.24) is 9.88 Å². The van der Waals surface area contributed by atoms with Gasteiger partial charge in [0.1, 0.15) is 11.9 Å². The second-order valence-corrected chi connectivity index (χ2v) is 3.67. The number of carboxylic acid groups (broad SMARTS) is 1. The number of likely N-dealkylation sites (tertiary alicyclic amines) is 1. The molecule has 0 saturated carbocycles. The summed E-state index contributed by atoms with van der Waals surface area (Å²) in [6, 6.07) is 1.68. The van der Waals surface area contributed by atoms with Crippen LogP contribution in [-0.2, 0) is 0 Å². The number of aromatic nitrogens is 1. The topological polar surface area (TPSA) is 88.7 Å². The lowest BCUT2D eigenvalue weighted by Crippen LogP contribution is -2.29. The Morgan fingerprint density at radius 2 is 2.50 bits per heavy atom. The van der Waals surface area contributed by atoms with Gasteiger partial charge in [-0.15, -0.1) is 0 Å². The quantitative estimate of drug-likeness (QED) is 0.774. The molecule has 1 aromatic heterocycles. The second-order valence-electron chi connectivity index (χ2n) is 3.67. The molecule has 1 aliphatic rings. The minimum atomic E-state index is -0.909. The molecule has 6 nitrogen and oxygen atoms in total. The molecule has 1 fully saturated rings. The number of nitrogens with zero attached hydrogens (tertiary/aromatic N) is 2. The van der Waals surface area contributed by atoms with E-state index >= 15 is 0 Å². The third kappa shape index (κ3) is 2.16. The lowest BCUT2D eigenvalue weighted by atomic mass is 10.3. The van der Waals surface area contributed by atoms with Crippen molar-refractivity contribution in [3.8, 4) is 5.75 Å². The molecule has 1 unspecified atom stereocenters. The Bertz CT molecular complexity index is 397. The molecule has 16 heavy (non-hydrogen) atoms. The highest BCUT2D eigenvalue weighted by Crippen LogP contribution is 2.23. The summed E-state index contributed by atoms with van der Waals surface area (Å²) in [5, 5.41) is 8.79. The third-order valence-corrected chi connectivity index (χ3v) is 2.52. The molecule has 6 heteroatoms. The van der Waals surface area contributed by atoms with E-state index in [1.165, 1.54) is 11.1 Å². The number of carbonyl (C=O) groups is 1. The lowest BCUT2D eigenvalue weighted by molar-refractivity contribution is 0.146. The van der Waals surface area contributed by atoms with E-state index in [2.05, 4.69) is 4.98 Å². The maximum atomic E-state index is 10.7. The average molecular weight is 223 g/mol. The number of hydrogen-bond donors (Lipinski definition) is 2. The molecule has 1 aliphatic heterocycles. The molecule has 3 N–H and O–H groups in total. The van der Waals surface area contributed by atoms with Crippen LogP contribution >= 0.6 is 0 Å².